The number of hydrogen-bond donors (Lipinski definition) is 1. The van der Waals surface area contributed by atoms with E-state index in [0.717, 1.165) is 24.4 Å². The van der Waals surface area contributed by atoms with Gasteiger partial charge in [0.05, 0.1) is 18.1 Å². The summed E-state index contributed by atoms with van der Waals surface area (Å²) < 4.78 is 5.39. The van der Waals surface area contributed by atoms with Gasteiger partial charge in [-0.05, 0) is 31.4 Å². The van der Waals surface area contributed by atoms with Crippen LogP contribution in [0.4, 0.5) is 0 Å². The van der Waals surface area contributed by atoms with E-state index < -0.39 is 0 Å². The second-order valence-corrected chi connectivity index (χ2v) is 5.46. The Morgan fingerprint density at radius 3 is 2.93 bits per heavy atom. The molecule has 2 nitrogen and oxygen atoms in total. The summed E-state index contributed by atoms with van der Waals surface area (Å²) in [5, 5.41) is 10.2. The van der Waals surface area contributed by atoms with Crippen LogP contribution in [-0.4, -0.2) is 16.5 Å². The molecule has 1 aliphatic rings. The van der Waals surface area contributed by atoms with E-state index in [1.807, 2.05) is 17.8 Å². The van der Waals surface area contributed by atoms with Crippen molar-refractivity contribution in [3.8, 4) is 0 Å². The normalized spacial score (nSPS) is 26.8. The molecule has 0 radical (unpaired) electrons. The quantitative estimate of drug-likeness (QED) is 0.859. The van der Waals surface area contributed by atoms with E-state index >= 15 is 0 Å². The summed E-state index contributed by atoms with van der Waals surface area (Å²) in [4.78, 5) is 0. The van der Waals surface area contributed by atoms with Gasteiger partial charge in [-0.15, -0.1) is 11.8 Å². The van der Waals surface area contributed by atoms with Crippen LogP contribution in [0.3, 0.4) is 0 Å². The van der Waals surface area contributed by atoms with Gasteiger partial charge in [0.25, 0.3) is 0 Å². The molecule has 1 aromatic rings. The van der Waals surface area contributed by atoms with Crippen molar-refractivity contribution in [2.24, 2.45) is 0 Å². The molecule has 2 atom stereocenters. The Hall–Kier alpha value is -0.410. The lowest BCUT2D eigenvalue weighted by molar-refractivity contribution is 0.137. The third-order valence-electron chi connectivity index (χ3n) is 3.06. The summed E-state index contributed by atoms with van der Waals surface area (Å²) in [5.41, 5.74) is 1.22. The number of aliphatic hydroxyl groups excluding tert-OH is 1. The highest BCUT2D eigenvalue weighted by Crippen LogP contribution is 2.31. The van der Waals surface area contributed by atoms with Gasteiger partial charge in [0.1, 0.15) is 5.76 Å². The van der Waals surface area contributed by atoms with Crippen molar-refractivity contribution in [3.63, 3.8) is 0 Å². The summed E-state index contributed by atoms with van der Waals surface area (Å²) in [5.74, 6) is 1.94. The minimum Gasteiger partial charge on any atom is -0.468 e. The fourth-order valence-electron chi connectivity index (χ4n) is 2.01. The number of aryl methyl sites for hydroxylation is 1. The highest BCUT2D eigenvalue weighted by Gasteiger charge is 2.23. The van der Waals surface area contributed by atoms with Gasteiger partial charge in [0, 0.05) is 5.25 Å². The van der Waals surface area contributed by atoms with Gasteiger partial charge in [-0.25, -0.2) is 0 Å². The van der Waals surface area contributed by atoms with Crippen LogP contribution < -0.4 is 0 Å². The first-order valence-corrected chi connectivity index (χ1v) is 6.65. The monoisotopic (exact) mass is 226 g/mol. The second kappa shape index (κ2) is 5.08. The van der Waals surface area contributed by atoms with Crippen LogP contribution in [-0.2, 0) is 5.75 Å². The molecule has 0 saturated heterocycles. The first-order valence-electron chi connectivity index (χ1n) is 5.60. The maximum Gasteiger partial charge on any atom is 0.116 e. The van der Waals surface area contributed by atoms with E-state index in [1.165, 1.54) is 18.4 Å². The molecular weight excluding hydrogens is 208 g/mol. The SMILES string of the molecule is Cc1ccoc1CS[C@H]1CCCC[C@@H]1O. The highest BCUT2D eigenvalue weighted by molar-refractivity contribution is 7.99. The molecule has 2 rings (SSSR count). The fourth-order valence-corrected chi connectivity index (χ4v) is 3.36. The first-order chi connectivity index (χ1) is 7.27. The molecule has 15 heavy (non-hydrogen) atoms. The molecule has 0 aromatic carbocycles. The Bertz CT molecular complexity index is 308. The van der Waals surface area contributed by atoms with E-state index in [2.05, 4.69) is 6.92 Å². The van der Waals surface area contributed by atoms with Crippen molar-refractivity contribution in [2.75, 3.05) is 0 Å². The van der Waals surface area contributed by atoms with Crippen LogP contribution in [0.5, 0.6) is 0 Å². The largest absolute Gasteiger partial charge is 0.468 e. The number of hydrogen-bond acceptors (Lipinski definition) is 3. The van der Waals surface area contributed by atoms with Gasteiger partial charge in [-0.2, -0.15) is 0 Å². The van der Waals surface area contributed by atoms with Crippen molar-refractivity contribution in [3.05, 3.63) is 23.7 Å². The minimum atomic E-state index is -0.112. The van der Waals surface area contributed by atoms with E-state index in [1.54, 1.807) is 6.26 Å². The third kappa shape index (κ3) is 2.79. The zero-order valence-electron chi connectivity index (χ0n) is 9.11. The number of furan rings is 1. The smallest absolute Gasteiger partial charge is 0.116 e. The van der Waals surface area contributed by atoms with E-state index in [9.17, 15) is 5.11 Å². The van der Waals surface area contributed by atoms with E-state index in [-0.39, 0.29) is 6.10 Å². The molecule has 0 aliphatic heterocycles. The number of aliphatic hydroxyl groups is 1. The maximum absolute atomic E-state index is 9.82. The standard InChI is InChI=1S/C12H18O2S/c1-9-6-7-14-11(9)8-15-12-5-3-2-4-10(12)13/h6-7,10,12-13H,2-5,8H2,1H3/t10-,12-/m0/s1. The average Bonchev–Trinajstić information content (AvgIpc) is 2.63. The molecule has 3 heteroatoms. The average molecular weight is 226 g/mol. The molecule has 1 saturated carbocycles. The summed E-state index contributed by atoms with van der Waals surface area (Å²) in [7, 11) is 0. The molecule has 84 valence electrons. The molecule has 1 aromatic heterocycles. The molecule has 0 spiro atoms. The van der Waals surface area contributed by atoms with E-state index in [0.29, 0.717) is 5.25 Å². The Labute approximate surface area is 95.1 Å². The molecule has 0 bridgehead atoms. The topological polar surface area (TPSA) is 33.4 Å². The first kappa shape index (κ1) is 11.1. The summed E-state index contributed by atoms with van der Waals surface area (Å²) in [6, 6.07) is 1.99. The summed E-state index contributed by atoms with van der Waals surface area (Å²) >= 11 is 1.83. The van der Waals surface area contributed by atoms with Crippen LogP contribution in [0.2, 0.25) is 0 Å². The second-order valence-electron chi connectivity index (χ2n) is 4.23. The molecule has 0 unspecified atom stereocenters. The molecular formula is C12H18O2S. The van der Waals surface area contributed by atoms with Gasteiger partial charge in [0.2, 0.25) is 0 Å². The van der Waals surface area contributed by atoms with Gasteiger partial charge >= 0.3 is 0 Å². The van der Waals surface area contributed by atoms with Crippen molar-refractivity contribution in [1.29, 1.82) is 0 Å². The predicted molar refractivity (Wildman–Crippen MR) is 63.0 cm³/mol. The Balaban J connectivity index is 1.84. The molecule has 1 aliphatic carbocycles. The summed E-state index contributed by atoms with van der Waals surface area (Å²) in [6.07, 6.45) is 6.17. The molecule has 1 fully saturated rings. The van der Waals surface area contributed by atoms with Crippen LogP contribution in [0.25, 0.3) is 0 Å². The number of rotatable bonds is 3. The Morgan fingerprint density at radius 1 is 1.47 bits per heavy atom. The zero-order chi connectivity index (χ0) is 10.7. The molecule has 0 amide bonds. The van der Waals surface area contributed by atoms with E-state index in [4.69, 9.17) is 4.42 Å². The van der Waals surface area contributed by atoms with Crippen molar-refractivity contribution >= 4 is 11.8 Å². The lowest BCUT2D eigenvalue weighted by Crippen LogP contribution is -2.26. The van der Waals surface area contributed by atoms with Gasteiger partial charge in [-0.3, -0.25) is 0 Å². The molecule has 1 heterocycles. The fraction of sp³-hybridized carbons (Fsp3) is 0.667. The lowest BCUT2D eigenvalue weighted by atomic mass is 9.97. The predicted octanol–water partition coefficient (Wildman–Crippen LogP) is 3.12. The van der Waals surface area contributed by atoms with Crippen molar-refractivity contribution < 1.29 is 9.52 Å². The van der Waals surface area contributed by atoms with Crippen LogP contribution in [0.15, 0.2) is 16.7 Å². The minimum absolute atomic E-state index is 0.112. The van der Waals surface area contributed by atoms with Gasteiger partial charge in [-0.1, -0.05) is 12.8 Å². The lowest BCUT2D eigenvalue weighted by Gasteiger charge is -2.26. The summed E-state index contributed by atoms with van der Waals surface area (Å²) in [6.45, 7) is 2.07. The zero-order valence-corrected chi connectivity index (χ0v) is 9.93. The highest BCUT2D eigenvalue weighted by atomic mass is 32.2. The van der Waals surface area contributed by atoms with Crippen LogP contribution >= 0.6 is 11.8 Å². The van der Waals surface area contributed by atoms with Crippen LogP contribution in [0, 0.1) is 6.92 Å². The van der Waals surface area contributed by atoms with Crippen molar-refractivity contribution in [2.45, 2.75) is 49.7 Å². The van der Waals surface area contributed by atoms with Gasteiger partial charge < -0.3 is 9.52 Å². The maximum atomic E-state index is 9.82. The Kier molecular flexibility index (Phi) is 3.76. The molecule has 1 N–H and O–H groups in total. The van der Waals surface area contributed by atoms with Crippen LogP contribution in [0.1, 0.15) is 37.0 Å². The van der Waals surface area contributed by atoms with Crippen molar-refractivity contribution in [1.82, 2.24) is 0 Å². The number of thioether (sulfide) groups is 1. The third-order valence-corrected chi connectivity index (χ3v) is 4.47. The Morgan fingerprint density at radius 2 is 2.27 bits per heavy atom. The van der Waals surface area contributed by atoms with Gasteiger partial charge in [0.15, 0.2) is 0 Å².